The Morgan fingerprint density at radius 3 is 2.92 bits per heavy atom. The number of hydrogen-bond acceptors (Lipinski definition) is 2. The van der Waals surface area contributed by atoms with E-state index in [1.54, 1.807) is 12.3 Å². The van der Waals surface area contributed by atoms with Crippen LogP contribution in [0.1, 0.15) is 18.1 Å². The van der Waals surface area contributed by atoms with Crippen molar-refractivity contribution in [1.82, 2.24) is 0 Å². The Bertz CT molecular complexity index is 292. The van der Waals surface area contributed by atoms with Crippen LogP contribution in [-0.4, -0.2) is 17.9 Å². The lowest BCUT2D eigenvalue weighted by molar-refractivity contribution is 0.474. The quantitative estimate of drug-likeness (QED) is 0.665. The van der Waals surface area contributed by atoms with Crippen molar-refractivity contribution in [2.45, 2.75) is 13.8 Å². The van der Waals surface area contributed by atoms with Crippen LogP contribution < -0.4 is 0 Å². The molecule has 0 unspecified atom stereocenters. The molecule has 0 aliphatic rings. The highest BCUT2D eigenvalue weighted by Crippen LogP contribution is 2.15. The maximum atomic E-state index is 9.37. The number of rotatable bonds is 2. The molecule has 2 heteroatoms. The molecule has 0 aromatic heterocycles. The van der Waals surface area contributed by atoms with Crippen LogP contribution in [0.5, 0.6) is 5.75 Å². The minimum absolute atomic E-state index is 0.290. The van der Waals surface area contributed by atoms with Crippen molar-refractivity contribution in [3.8, 4) is 5.75 Å². The minimum atomic E-state index is 0.290. The molecule has 1 rings (SSSR count). The Balaban J connectivity index is 2.97. The van der Waals surface area contributed by atoms with Gasteiger partial charge in [-0.05, 0) is 26.0 Å². The molecule has 0 aliphatic carbocycles. The number of phenols is 1. The van der Waals surface area contributed by atoms with Crippen molar-refractivity contribution in [2.75, 3.05) is 6.54 Å². The lowest BCUT2D eigenvalue weighted by Crippen LogP contribution is -1.84. The van der Waals surface area contributed by atoms with Gasteiger partial charge in [0.2, 0.25) is 0 Å². The van der Waals surface area contributed by atoms with Gasteiger partial charge in [-0.1, -0.05) is 11.6 Å². The summed E-state index contributed by atoms with van der Waals surface area (Å²) in [5.41, 5.74) is 1.92. The van der Waals surface area contributed by atoms with Crippen LogP contribution in [0, 0.1) is 6.92 Å². The van der Waals surface area contributed by atoms with Crippen LogP contribution >= 0.6 is 0 Å². The topological polar surface area (TPSA) is 32.6 Å². The van der Waals surface area contributed by atoms with Gasteiger partial charge in [0.1, 0.15) is 5.75 Å². The fourth-order valence-corrected chi connectivity index (χ4v) is 0.967. The average molecular weight is 163 g/mol. The summed E-state index contributed by atoms with van der Waals surface area (Å²) in [6.07, 6.45) is 1.70. The number of hydrogen-bond donors (Lipinski definition) is 1. The Labute approximate surface area is 72.6 Å². The van der Waals surface area contributed by atoms with Gasteiger partial charge in [0.05, 0.1) is 0 Å². The summed E-state index contributed by atoms with van der Waals surface area (Å²) >= 11 is 0. The van der Waals surface area contributed by atoms with Gasteiger partial charge in [0.15, 0.2) is 0 Å². The van der Waals surface area contributed by atoms with Crippen molar-refractivity contribution in [3.63, 3.8) is 0 Å². The number of phenolic OH excluding ortho intramolecular Hbond substituents is 1. The van der Waals surface area contributed by atoms with E-state index < -0.39 is 0 Å². The van der Waals surface area contributed by atoms with Gasteiger partial charge in [-0.2, -0.15) is 0 Å². The van der Waals surface area contributed by atoms with Gasteiger partial charge >= 0.3 is 0 Å². The van der Waals surface area contributed by atoms with E-state index in [0.29, 0.717) is 0 Å². The lowest BCUT2D eigenvalue weighted by Gasteiger charge is -1.98. The first-order valence-electron chi connectivity index (χ1n) is 4.03. The second kappa shape index (κ2) is 3.90. The molecule has 1 aromatic carbocycles. The van der Waals surface area contributed by atoms with Crippen LogP contribution in [0.3, 0.4) is 0 Å². The second-order valence-electron chi connectivity index (χ2n) is 2.69. The SMILES string of the molecule is CCN=Cc1cc(C)ccc1O. The van der Waals surface area contributed by atoms with E-state index in [1.165, 1.54) is 0 Å². The average Bonchev–Trinajstić information content (AvgIpc) is 2.07. The first-order chi connectivity index (χ1) is 5.74. The summed E-state index contributed by atoms with van der Waals surface area (Å²) in [5, 5.41) is 9.37. The molecule has 0 spiro atoms. The van der Waals surface area contributed by atoms with Crippen LogP contribution in [-0.2, 0) is 0 Å². The number of aliphatic imine (C=N–C) groups is 1. The molecule has 0 fully saturated rings. The van der Waals surface area contributed by atoms with Crippen molar-refractivity contribution in [1.29, 1.82) is 0 Å². The third-order valence-electron chi connectivity index (χ3n) is 1.60. The van der Waals surface area contributed by atoms with E-state index in [1.807, 2.05) is 26.0 Å². The largest absolute Gasteiger partial charge is 0.507 e. The van der Waals surface area contributed by atoms with Crippen molar-refractivity contribution < 1.29 is 5.11 Å². The molecule has 2 nitrogen and oxygen atoms in total. The third-order valence-corrected chi connectivity index (χ3v) is 1.60. The zero-order valence-electron chi connectivity index (χ0n) is 7.41. The van der Waals surface area contributed by atoms with Crippen LogP contribution in [0.25, 0.3) is 0 Å². The summed E-state index contributed by atoms with van der Waals surface area (Å²) in [4.78, 5) is 4.06. The maximum Gasteiger partial charge on any atom is 0.124 e. The van der Waals surface area contributed by atoms with Crippen molar-refractivity contribution in [2.24, 2.45) is 4.99 Å². The molecule has 1 N–H and O–H groups in total. The summed E-state index contributed by atoms with van der Waals surface area (Å²) < 4.78 is 0. The number of nitrogens with zero attached hydrogens (tertiary/aromatic N) is 1. The number of aromatic hydroxyl groups is 1. The molecule has 0 amide bonds. The van der Waals surface area contributed by atoms with Crippen molar-refractivity contribution >= 4 is 6.21 Å². The van der Waals surface area contributed by atoms with E-state index in [4.69, 9.17) is 0 Å². The zero-order chi connectivity index (χ0) is 8.97. The first-order valence-corrected chi connectivity index (χ1v) is 4.03. The molecule has 0 saturated carbocycles. The lowest BCUT2D eigenvalue weighted by atomic mass is 10.1. The van der Waals surface area contributed by atoms with Gasteiger partial charge < -0.3 is 5.11 Å². The standard InChI is InChI=1S/C10H13NO/c1-3-11-7-9-6-8(2)4-5-10(9)12/h4-7,12H,3H2,1-2H3. The van der Waals surface area contributed by atoms with Gasteiger partial charge in [-0.3, -0.25) is 4.99 Å². The number of benzene rings is 1. The molecular weight excluding hydrogens is 150 g/mol. The summed E-state index contributed by atoms with van der Waals surface area (Å²) in [6, 6.07) is 5.47. The van der Waals surface area contributed by atoms with E-state index in [-0.39, 0.29) is 5.75 Å². The molecule has 0 saturated heterocycles. The molecule has 0 aliphatic heterocycles. The van der Waals surface area contributed by atoms with Gasteiger partial charge in [0.25, 0.3) is 0 Å². The minimum Gasteiger partial charge on any atom is -0.507 e. The predicted octanol–water partition coefficient (Wildman–Crippen LogP) is 2.14. The summed E-state index contributed by atoms with van der Waals surface area (Å²) in [7, 11) is 0. The Kier molecular flexibility index (Phi) is 2.86. The second-order valence-corrected chi connectivity index (χ2v) is 2.69. The van der Waals surface area contributed by atoms with Crippen LogP contribution in [0.4, 0.5) is 0 Å². The molecule has 0 atom stereocenters. The molecule has 12 heavy (non-hydrogen) atoms. The zero-order valence-corrected chi connectivity index (χ0v) is 7.41. The van der Waals surface area contributed by atoms with E-state index >= 15 is 0 Å². The predicted molar refractivity (Wildman–Crippen MR) is 51.0 cm³/mol. The van der Waals surface area contributed by atoms with E-state index in [0.717, 1.165) is 17.7 Å². The summed E-state index contributed by atoms with van der Waals surface area (Å²) in [5.74, 6) is 0.290. The molecule has 1 aromatic rings. The van der Waals surface area contributed by atoms with Crippen molar-refractivity contribution in [3.05, 3.63) is 29.3 Å². The van der Waals surface area contributed by atoms with E-state index in [2.05, 4.69) is 4.99 Å². The smallest absolute Gasteiger partial charge is 0.124 e. The fourth-order valence-electron chi connectivity index (χ4n) is 0.967. The molecule has 0 bridgehead atoms. The van der Waals surface area contributed by atoms with Gasteiger partial charge in [0, 0.05) is 18.3 Å². The van der Waals surface area contributed by atoms with Crippen LogP contribution in [0.2, 0.25) is 0 Å². The Hall–Kier alpha value is -1.31. The highest BCUT2D eigenvalue weighted by atomic mass is 16.3. The van der Waals surface area contributed by atoms with Gasteiger partial charge in [-0.25, -0.2) is 0 Å². The monoisotopic (exact) mass is 163 g/mol. The molecule has 0 radical (unpaired) electrons. The molecule has 0 heterocycles. The highest BCUT2D eigenvalue weighted by molar-refractivity contribution is 5.83. The Morgan fingerprint density at radius 1 is 1.50 bits per heavy atom. The van der Waals surface area contributed by atoms with Gasteiger partial charge in [-0.15, -0.1) is 0 Å². The number of aryl methyl sites for hydroxylation is 1. The third kappa shape index (κ3) is 2.09. The molecular formula is C10H13NO. The molecule has 64 valence electrons. The fraction of sp³-hybridized carbons (Fsp3) is 0.300. The summed E-state index contributed by atoms with van der Waals surface area (Å²) in [6.45, 7) is 4.69. The highest BCUT2D eigenvalue weighted by Gasteiger charge is 1.96. The van der Waals surface area contributed by atoms with E-state index in [9.17, 15) is 5.11 Å². The first kappa shape index (κ1) is 8.78. The van der Waals surface area contributed by atoms with Crippen LogP contribution in [0.15, 0.2) is 23.2 Å². The normalized spacial score (nSPS) is 10.8. The Morgan fingerprint density at radius 2 is 2.25 bits per heavy atom. The maximum absolute atomic E-state index is 9.37.